The molecule has 0 bridgehead atoms. The summed E-state index contributed by atoms with van der Waals surface area (Å²) in [7, 11) is 3.01. The van der Waals surface area contributed by atoms with E-state index in [0.717, 1.165) is 6.07 Å². The van der Waals surface area contributed by atoms with Gasteiger partial charge in [-0.15, -0.1) is 0 Å². The largest absolute Gasteiger partial charge is 0.493 e. The highest BCUT2D eigenvalue weighted by Gasteiger charge is 2.25. The Morgan fingerprint density at radius 3 is 2.47 bits per heavy atom. The zero-order valence-corrected chi connectivity index (χ0v) is 19.5. The number of aryl methyl sites for hydroxylation is 1. The van der Waals surface area contributed by atoms with Gasteiger partial charge in [-0.05, 0) is 30.3 Å². The van der Waals surface area contributed by atoms with Gasteiger partial charge in [-0.25, -0.2) is 4.39 Å². The predicted octanol–water partition coefficient (Wildman–Crippen LogP) is 3.70. The van der Waals surface area contributed by atoms with E-state index >= 15 is 0 Å². The van der Waals surface area contributed by atoms with E-state index in [1.807, 2.05) is 0 Å². The van der Waals surface area contributed by atoms with Crippen molar-refractivity contribution in [3.05, 3.63) is 64.5 Å². The SMILES string of the molecule is COc1cc2c(C(=O)N3CCOCC3)cn(-c3cc(F)cc4c3ccn4C)c(=O)c2cc1OC(F)F. The number of aromatic nitrogens is 2. The normalized spacial score (nSPS) is 14.1. The first-order valence-electron chi connectivity index (χ1n) is 11.1. The number of amides is 1. The molecule has 36 heavy (non-hydrogen) atoms. The van der Waals surface area contributed by atoms with Gasteiger partial charge in [0.25, 0.3) is 11.5 Å². The Labute approximate surface area is 203 Å². The molecule has 1 fully saturated rings. The molecule has 1 aliphatic rings. The molecule has 4 aromatic rings. The van der Waals surface area contributed by atoms with E-state index in [1.165, 1.54) is 36.1 Å². The van der Waals surface area contributed by atoms with Gasteiger partial charge in [0.15, 0.2) is 11.5 Å². The highest BCUT2D eigenvalue weighted by Crippen LogP contribution is 2.35. The van der Waals surface area contributed by atoms with Crippen molar-refractivity contribution in [3.63, 3.8) is 0 Å². The lowest BCUT2D eigenvalue weighted by Gasteiger charge is -2.27. The third kappa shape index (κ3) is 4.05. The number of methoxy groups -OCH3 is 1. The minimum Gasteiger partial charge on any atom is -0.493 e. The molecule has 5 rings (SSSR count). The summed E-state index contributed by atoms with van der Waals surface area (Å²) < 4.78 is 58.7. The molecule has 2 aromatic heterocycles. The third-order valence-corrected chi connectivity index (χ3v) is 6.25. The topological polar surface area (TPSA) is 74.9 Å². The number of benzene rings is 2. The molecule has 0 aliphatic carbocycles. The summed E-state index contributed by atoms with van der Waals surface area (Å²) in [6.45, 7) is -1.77. The molecule has 0 unspecified atom stereocenters. The Kier molecular flexibility index (Phi) is 6.09. The van der Waals surface area contributed by atoms with Crippen molar-refractivity contribution < 1.29 is 32.2 Å². The van der Waals surface area contributed by atoms with E-state index < -0.39 is 18.0 Å². The van der Waals surface area contributed by atoms with Crippen molar-refractivity contribution in [2.24, 2.45) is 7.05 Å². The van der Waals surface area contributed by atoms with E-state index in [0.29, 0.717) is 37.2 Å². The molecular weight excluding hydrogens is 479 g/mol. The highest BCUT2D eigenvalue weighted by molar-refractivity contribution is 6.07. The van der Waals surface area contributed by atoms with E-state index in [-0.39, 0.29) is 39.4 Å². The Bertz CT molecular complexity index is 1540. The summed E-state index contributed by atoms with van der Waals surface area (Å²) in [6.07, 6.45) is 3.08. The molecule has 188 valence electrons. The van der Waals surface area contributed by atoms with Gasteiger partial charge in [-0.2, -0.15) is 8.78 Å². The fraction of sp³-hybridized carbons (Fsp3) is 0.280. The van der Waals surface area contributed by atoms with Gasteiger partial charge in [0.2, 0.25) is 0 Å². The highest BCUT2D eigenvalue weighted by atomic mass is 19.3. The average molecular weight is 501 g/mol. The quantitative estimate of drug-likeness (QED) is 0.417. The molecule has 3 heterocycles. The number of halogens is 3. The number of hydrogen-bond acceptors (Lipinski definition) is 5. The molecule has 0 N–H and O–H groups in total. The first-order chi connectivity index (χ1) is 17.3. The molecule has 0 atom stereocenters. The Hall–Kier alpha value is -3.99. The number of rotatable bonds is 5. The first-order valence-corrected chi connectivity index (χ1v) is 11.1. The van der Waals surface area contributed by atoms with Gasteiger partial charge < -0.3 is 23.7 Å². The fourth-order valence-electron chi connectivity index (χ4n) is 4.50. The zero-order valence-electron chi connectivity index (χ0n) is 19.5. The Morgan fingerprint density at radius 1 is 1.06 bits per heavy atom. The van der Waals surface area contributed by atoms with Crippen molar-refractivity contribution in [1.29, 1.82) is 0 Å². The van der Waals surface area contributed by atoms with E-state index in [9.17, 15) is 22.8 Å². The third-order valence-electron chi connectivity index (χ3n) is 6.25. The molecule has 1 amide bonds. The van der Waals surface area contributed by atoms with Gasteiger partial charge in [-0.1, -0.05) is 0 Å². The molecule has 1 aliphatic heterocycles. The second-order valence-corrected chi connectivity index (χ2v) is 8.33. The first kappa shape index (κ1) is 23.7. The van der Waals surface area contributed by atoms with Crippen LogP contribution in [-0.4, -0.2) is 60.0 Å². The van der Waals surface area contributed by atoms with Crippen molar-refractivity contribution in [3.8, 4) is 17.2 Å². The van der Waals surface area contributed by atoms with Gasteiger partial charge in [0, 0.05) is 43.3 Å². The van der Waals surface area contributed by atoms with Crippen LogP contribution in [-0.2, 0) is 11.8 Å². The van der Waals surface area contributed by atoms with Crippen LogP contribution in [0, 0.1) is 5.82 Å². The number of alkyl halides is 2. The smallest absolute Gasteiger partial charge is 0.387 e. The van der Waals surface area contributed by atoms with Gasteiger partial charge in [0.05, 0.1) is 42.5 Å². The number of pyridine rings is 1. The van der Waals surface area contributed by atoms with Crippen LogP contribution in [0.25, 0.3) is 27.4 Å². The molecule has 0 saturated carbocycles. The van der Waals surface area contributed by atoms with Gasteiger partial charge in [0.1, 0.15) is 5.82 Å². The lowest BCUT2D eigenvalue weighted by atomic mass is 10.0. The second-order valence-electron chi connectivity index (χ2n) is 8.33. The molecule has 11 heteroatoms. The molecular formula is C25H22F3N3O5. The number of carbonyl (C=O) groups excluding carboxylic acids is 1. The lowest BCUT2D eigenvalue weighted by molar-refractivity contribution is -0.0511. The fourth-order valence-corrected chi connectivity index (χ4v) is 4.50. The number of hydrogen-bond donors (Lipinski definition) is 0. The summed E-state index contributed by atoms with van der Waals surface area (Å²) in [5.74, 6) is -1.39. The molecule has 8 nitrogen and oxygen atoms in total. The molecule has 0 radical (unpaired) electrons. The van der Waals surface area contributed by atoms with Gasteiger partial charge in [-0.3, -0.25) is 14.2 Å². The van der Waals surface area contributed by atoms with E-state index in [4.69, 9.17) is 9.47 Å². The van der Waals surface area contributed by atoms with Crippen LogP contribution in [0.1, 0.15) is 10.4 Å². The maximum atomic E-state index is 14.6. The molecule has 1 saturated heterocycles. The Morgan fingerprint density at radius 2 is 1.78 bits per heavy atom. The number of fused-ring (bicyclic) bond motifs is 2. The standard InChI is InChI=1S/C25H22F3N3O5/c1-29-4-3-15-19(29)9-14(26)10-20(15)31-13-18(23(32)30-5-7-35-8-6-30)16-11-21(34-2)22(36-25(27)28)12-17(16)24(31)33/h3-4,9-13,25H,5-8H2,1-2H3. The molecule has 0 spiro atoms. The Balaban J connectivity index is 1.83. The van der Waals surface area contributed by atoms with Crippen molar-refractivity contribution in [2.45, 2.75) is 6.61 Å². The minimum absolute atomic E-state index is 0.0566. The summed E-state index contributed by atoms with van der Waals surface area (Å²) in [5.41, 5.74) is 0.234. The van der Waals surface area contributed by atoms with Crippen LogP contribution in [0.2, 0.25) is 0 Å². The number of morpholine rings is 1. The zero-order chi connectivity index (χ0) is 25.6. The van der Waals surface area contributed by atoms with Crippen LogP contribution in [0.15, 0.2) is 47.5 Å². The molecule has 2 aromatic carbocycles. The van der Waals surface area contributed by atoms with Crippen LogP contribution >= 0.6 is 0 Å². The van der Waals surface area contributed by atoms with E-state index in [1.54, 1.807) is 28.8 Å². The van der Waals surface area contributed by atoms with Crippen molar-refractivity contribution in [2.75, 3.05) is 33.4 Å². The van der Waals surface area contributed by atoms with Crippen LogP contribution < -0.4 is 15.0 Å². The minimum atomic E-state index is -3.16. The number of carbonyl (C=O) groups is 1. The summed E-state index contributed by atoms with van der Waals surface area (Å²) in [4.78, 5) is 28.9. The van der Waals surface area contributed by atoms with Crippen LogP contribution in [0.3, 0.4) is 0 Å². The van der Waals surface area contributed by atoms with Crippen LogP contribution in [0.4, 0.5) is 13.2 Å². The predicted molar refractivity (Wildman–Crippen MR) is 126 cm³/mol. The van der Waals surface area contributed by atoms with Crippen LogP contribution in [0.5, 0.6) is 11.5 Å². The summed E-state index contributed by atoms with van der Waals surface area (Å²) in [5, 5.41) is 0.716. The monoisotopic (exact) mass is 501 g/mol. The maximum absolute atomic E-state index is 14.6. The van der Waals surface area contributed by atoms with Crippen molar-refractivity contribution in [1.82, 2.24) is 14.0 Å². The number of ether oxygens (including phenoxy) is 3. The van der Waals surface area contributed by atoms with Gasteiger partial charge >= 0.3 is 6.61 Å². The number of nitrogens with zero attached hydrogens (tertiary/aromatic N) is 3. The van der Waals surface area contributed by atoms with E-state index in [2.05, 4.69) is 4.74 Å². The average Bonchev–Trinajstić information content (AvgIpc) is 3.24. The lowest BCUT2D eigenvalue weighted by Crippen LogP contribution is -2.41. The maximum Gasteiger partial charge on any atom is 0.387 e. The summed E-state index contributed by atoms with van der Waals surface area (Å²) >= 11 is 0. The summed E-state index contributed by atoms with van der Waals surface area (Å²) in [6, 6.07) is 6.71. The van der Waals surface area contributed by atoms with Crippen molar-refractivity contribution >= 4 is 27.6 Å². The second kappa shape index (κ2) is 9.23.